The van der Waals surface area contributed by atoms with Crippen LogP contribution in [0.4, 0.5) is 8.78 Å². The van der Waals surface area contributed by atoms with E-state index >= 15 is 0 Å². The molecule has 0 radical (unpaired) electrons. The van der Waals surface area contributed by atoms with E-state index in [-0.39, 0.29) is 36.3 Å². The minimum atomic E-state index is -0.717. The summed E-state index contributed by atoms with van der Waals surface area (Å²) in [6.07, 6.45) is 2.39. The number of hydrogen-bond donors (Lipinski definition) is 2. The molecule has 0 spiro atoms. The Morgan fingerprint density at radius 2 is 2.04 bits per heavy atom. The Morgan fingerprint density at radius 1 is 1.18 bits per heavy atom. The molecular weight excluding hydrogens is 483 g/mol. The van der Waals surface area contributed by atoms with E-state index in [1.165, 1.54) is 6.07 Å². The van der Waals surface area contributed by atoms with Crippen molar-refractivity contribution in [3.8, 4) is 5.75 Å². The third-order valence-corrected chi connectivity index (χ3v) is 3.43. The normalized spacial score (nSPS) is 11.0. The van der Waals surface area contributed by atoms with Crippen LogP contribution in [0, 0.1) is 11.6 Å². The van der Waals surface area contributed by atoms with Crippen LogP contribution in [-0.4, -0.2) is 38.8 Å². The minimum Gasteiger partial charge on any atom is -0.489 e. The Kier molecular flexibility index (Phi) is 12.2. The van der Waals surface area contributed by atoms with Crippen molar-refractivity contribution in [2.75, 3.05) is 32.8 Å². The predicted octanol–water partition coefficient (Wildman–Crippen LogP) is 3.72. The van der Waals surface area contributed by atoms with Crippen molar-refractivity contribution in [2.45, 2.75) is 20.0 Å². The van der Waals surface area contributed by atoms with Gasteiger partial charge in [0.15, 0.2) is 17.5 Å². The molecule has 0 aliphatic heterocycles. The molecule has 0 saturated heterocycles. The Bertz CT molecular complexity index is 700. The average molecular weight is 509 g/mol. The van der Waals surface area contributed by atoms with Crippen LogP contribution in [-0.2, 0) is 11.3 Å². The zero-order valence-electron chi connectivity index (χ0n) is 15.7. The lowest BCUT2D eigenvalue weighted by Crippen LogP contribution is -2.39. The van der Waals surface area contributed by atoms with Gasteiger partial charge in [0, 0.05) is 25.8 Å². The molecule has 0 saturated carbocycles. The van der Waals surface area contributed by atoms with Crippen LogP contribution in [0.3, 0.4) is 0 Å². The van der Waals surface area contributed by atoms with E-state index in [1.54, 1.807) is 6.26 Å². The van der Waals surface area contributed by atoms with Gasteiger partial charge in [-0.15, -0.1) is 24.0 Å². The molecule has 0 aliphatic rings. The lowest BCUT2D eigenvalue weighted by molar-refractivity contribution is 0.105. The fourth-order valence-corrected chi connectivity index (χ4v) is 2.19. The average Bonchev–Trinajstić information content (AvgIpc) is 3.16. The van der Waals surface area contributed by atoms with Gasteiger partial charge < -0.3 is 24.5 Å². The smallest absolute Gasteiger partial charge is 0.191 e. The number of aliphatic imine (C=N–C) groups is 1. The summed E-state index contributed by atoms with van der Waals surface area (Å²) in [5, 5.41) is 6.21. The topological polar surface area (TPSA) is 68.0 Å². The molecule has 2 N–H and O–H groups in total. The first-order valence-corrected chi connectivity index (χ1v) is 8.89. The van der Waals surface area contributed by atoms with Gasteiger partial charge in [0.1, 0.15) is 24.8 Å². The lowest BCUT2D eigenvalue weighted by atomic mass is 10.3. The molecule has 0 unspecified atom stereocenters. The maximum atomic E-state index is 13.5. The third-order valence-electron chi connectivity index (χ3n) is 3.43. The number of nitrogens with zero attached hydrogens (tertiary/aromatic N) is 1. The van der Waals surface area contributed by atoms with E-state index in [0.29, 0.717) is 38.8 Å². The number of ether oxygens (including phenoxy) is 2. The van der Waals surface area contributed by atoms with Crippen molar-refractivity contribution in [3.63, 3.8) is 0 Å². The van der Waals surface area contributed by atoms with Gasteiger partial charge in [-0.1, -0.05) is 0 Å². The molecule has 1 heterocycles. The van der Waals surface area contributed by atoms with Gasteiger partial charge in [-0.2, -0.15) is 0 Å². The van der Waals surface area contributed by atoms with Crippen molar-refractivity contribution in [2.24, 2.45) is 4.99 Å². The molecule has 28 heavy (non-hydrogen) atoms. The van der Waals surface area contributed by atoms with Gasteiger partial charge in [0.05, 0.1) is 12.8 Å². The quantitative estimate of drug-likeness (QED) is 0.209. The van der Waals surface area contributed by atoms with Crippen LogP contribution in [0.2, 0.25) is 0 Å². The fraction of sp³-hybridized carbons (Fsp3) is 0.421. The molecule has 0 aliphatic carbocycles. The van der Waals surface area contributed by atoms with Crippen LogP contribution < -0.4 is 15.4 Å². The molecule has 6 nitrogen and oxygen atoms in total. The van der Waals surface area contributed by atoms with Gasteiger partial charge in [0.25, 0.3) is 0 Å². The van der Waals surface area contributed by atoms with Gasteiger partial charge in [-0.3, -0.25) is 4.99 Å². The zero-order valence-corrected chi connectivity index (χ0v) is 18.1. The first kappa shape index (κ1) is 24.2. The highest BCUT2D eigenvalue weighted by Gasteiger charge is 2.04. The molecular formula is C19H26F2IN3O3. The van der Waals surface area contributed by atoms with Crippen molar-refractivity contribution in [1.82, 2.24) is 10.6 Å². The first-order chi connectivity index (χ1) is 13.2. The number of guanidine groups is 1. The number of benzene rings is 1. The number of furan rings is 1. The van der Waals surface area contributed by atoms with Crippen molar-refractivity contribution in [3.05, 3.63) is 54.0 Å². The molecule has 2 rings (SSSR count). The Balaban J connectivity index is 0.00000392. The summed E-state index contributed by atoms with van der Waals surface area (Å²) < 4.78 is 42.3. The predicted molar refractivity (Wildman–Crippen MR) is 114 cm³/mol. The summed E-state index contributed by atoms with van der Waals surface area (Å²) >= 11 is 0. The molecule has 0 amide bonds. The van der Waals surface area contributed by atoms with Gasteiger partial charge >= 0.3 is 0 Å². The standard InChI is InChI=1S/C19H25F2N3O3.HI/c1-2-22-19(23-8-4-10-25-14-16-5-3-11-26-16)24-9-12-27-18-7-6-15(20)13-17(18)21;/h3,5-7,11,13H,2,4,8-10,12,14H2,1H3,(H2,22,23,24);1H. The summed E-state index contributed by atoms with van der Waals surface area (Å²) in [5.74, 6) is 0.115. The van der Waals surface area contributed by atoms with Crippen LogP contribution >= 0.6 is 24.0 Å². The number of halogens is 3. The highest BCUT2D eigenvalue weighted by atomic mass is 127. The van der Waals surface area contributed by atoms with Crippen LogP contribution in [0.25, 0.3) is 0 Å². The molecule has 0 atom stereocenters. The molecule has 1 aromatic carbocycles. The summed E-state index contributed by atoms with van der Waals surface area (Å²) in [6, 6.07) is 6.91. The van der Waals surface area contributed by atoms with Gasteiger partial charge in [0.2, 0.25) is 0 Å². The monoisotopic (exact) mass is 509 g/mol. The lowest BCUT2D eigenvalue weighted by Gasteiger charge is -2.12. The van der Waals surface area contributed by atoms with Crippen LogP contribution in [0.15, 0.2) is 46.0 Å². The molecule has 0 fully saturated rings. The molecule has 156 valence electrons. The van der Waals surface area contributed by atoms with E-state index in [9.17, 15) is 8.78 Å². The minimum absolute atomic E-state index is 0. The fourth-order valence-electron chi connectivity index (χ4n) is 2.19. The largest absolute Gasteiger partial charge is 0.489 e. The van der Waals surface area contributed by atoms with Crippen molar-refractivity contribution < 1.29 is 22.7 Å². The van der Waals surface area contributed by atoms with E-state index in [2.05, 4.69) is 15.6 Å². The number of nitrogens with one attached hydrogen (secondary N) is 2. The Labute approximate surface area is 180 Å². The summed E-state index contributed by atoms with van der Waals surface area (Å²) in [7, 11) is 0. The third kappa shape index (κ3) is 9.36. The molecule has 9 heteroatoms. The van der Waals surface area contributed by atoms with Gasteiger partial charge in [-0.05, 0) is 37.6 Å². The summed E-state index contributed by atoms with van der Waals surface area (Å²) in [6.45, 7) is 4.96. The number of hydrogen-bond acceptors (Lipinski definition) is 4. The summed E-state index contributed by atoms with van der Waals surface area (Å²) in [5.41, 5.74) is 0. The summed E-state index contributed by atoms with van der Waals surface area (Å²) in [4.78, 5) is 4.43. The Hall–Kier alpha value is -1.88. The second kappa shape index (κ2) is 14.2. The highest BCUT2D eigenvalue weighted by molar-refractivity contribution is 14.0. The number of rotatable bonds is 11. The maximum absolute atomic E-state index is 13.5. The molecule has 0 bridgehead atoms. The highest BCUT2D eigenvalue weighted by Crippen LogP contribution is 2.17. The van der Waals surface area contributed by atoms with Crippen LogP contribution in [0.1, 0.15) is 19.1 Å². The second-order valence-corrected chi connectivity index (χ2v) is 5.60. The van der Waals surface area contributed by atoms with E-state index < -0.39 is 11.6 Å². The second-order valence-electron chi connectivity index (χ2n) is 5.60. The molecule has 2 aromatic rings. The van der Waals surface area contributed by atoms with E-state index in [4.69, 9.17) is 13.9 Å². The zero-order chi connectivity index (χ0) is 19.3. The SMILES string of the molecule is CCNC(=NCCCOCc1ccco1)NCCOc1ccc(F)cc1F.I. The van der Waals surface area contributed by atoms with E-state index in [1.807, 2.05) is 19.1 Å². The van der Waals surface area contributed by atoms with Gasteiger partial charge in [-0.25, -0.2) is 8.78 Å². The van der Waals surface area contributed by atoms with E-state index in [0.717, 1.165) is 24.3 Å². The maximum Gasteiger partial charge on any atom is 0.191 e. The first-order valence-electron chi connectivity index (χ1n) is 8.89. The molecule has 1 aromatic heterocycles. The van der Waals surface area contributed by atoms with Crippen molar-refractivity contribution in [1.29, 1.82) is 0 Å². The van der Waals surface area contributed by atoms with Crippen LogP contribution in [0.5, 0.6) is 5.75 Å². The Morgan fingerprint density at radius 3 is 2.75 bits per heavy atom. The van der Waals surface area contributed by atoms with Crippen molar-refractivity contribution >= 4 is 29.9 Å².